The van der Waals surface area contributed by atoms with Crippen molar-refractivity contribution >= 4 is 17.3 Å². The Morgan fingerprint density at radius 2 is 2.00 bits per heavy atom. The Morgan fingerprint density at radius 1 is 1.29 bits per heavy atom. The normalized spacial score (nSPS) is 12.2. The largest absolute Gasteiger partial charge is 0.383 e. The quantitative estimate of drug-likeness (QED) is 0.838. The average molecular weight is 251 g/mol. The first kappa shape index (κ1) is 13.9. The van der Waals surface area contributed by atoms with Crippen molar-refractivity contribution in [3.63, 3.8) is 0 Å². The van der Waals surface area contributed by atoms with E-state index >= 15 is 0 Å². The average Bonchev–Trinajstić information content (AvgIpc) is 2.29. The number of nitriles is 1. The number of hydrogen-bond acceptors (Lipinski definition) is 2. The maximum Gasteiger partial charge on any atom is 0.101 e. The van der Waals surface area contributed by atoms with E-state index < -0.39 is 0 Å². The number of nitrogens with one attached hydrogen (secondary N) is 1. The van der Waals surface area contributed by atoms with Crippen LogP contribution in [0, 0.1) is 17.2 Å². The van der Waals surface area contributed by atoms with Crippen LogP contribution in [0.5, 0.6) is 0 Å². The lowest BCUT2D eigenvalue weighted by atomic mass is 10.0. The van der Waals surface area contributed by atoms with Crippen LogP contribution in [0.15, 0.2) is 18.2 Å². The molecule has 0 aromatic heterocycles. The highest BCUT2D eigenvalue weighted by Crippen LogP contribution is 2.21. The molecular formula is C14H19ClN2. The smallest absolute Gasteiger partial charge is 0.101 e. The van der Waals surface area contributed by atoms with E-state index in [4.69, 9.17) is 16.9 Å². The van der Waals surface area contributed by atoms with E-state index in [1.54, 1.807) is 12.1 Å². The number of nitrogens with zero attached hydrogens (tertiary/aromatic N) is 1. The van der Waals surface area contributed by atoms with Gasteiger partial charge in [0.2, 0.25) is 0 Å². The van der Waals surface area contributed by atoms with Crippen LogP contribution in [0.4, 0.5) is 5.69 Å². The van der Waals surface area contributed by atoms with Gasteiger partial charge in [-0.3, -0.25) is 0 Å². The van der Waals surface area contributed by atoms with Gasteiger partial charge in [0.15, 0.2) is 0 Å². The van der Waals surface area contributed by atoms with Gasteiger partial charge in [0, 0.05) is 11.7 Å². The van der Waals surface area contributed by atoms with E-state index in [0.29, 0.717) is 16.6 Å². The Morgan fingerprint density at radius 3 is 2.59 bits per heavy atom. The minimum absolute atomic E-state index is 0.408. The fourth-order valence-corrected chi connectivity index (χ4v) is 1.80. The Bertz CT molecular complexity index is 407. The Hall–Kier alpha value is -1.20. The first-order valence-electron chi connectivity index (χ1n) is 5.99. The summed E-state index contributed by atoms with van der Waals surface area (Å²) in [5.74, 6) is 0.721. The zero-order chi connectivity index (χ0) is 12.8. The molecule has 1 unspecified atom stereocenters. The van der Waals surface area contributed by atoms with Crippen LogP contribution >= 0.6 is 11.6 Å². The molecule has 1 aromatic rings. The third kappa shape index (κ3) is 4.66. The summed E-state index contributed by atoms with van der Waals surface area (Å²) >= 11 is 5.89. The van der Waals surface area contributed by atoms with Gasteiger partial charge >= 0.3 is 0 Å². The van der Waals surface area contributed by atoms with E-state index in [2.05, 4.69) is 32.2 Å². The first-order chi connectivity index (χ1) is 8.02. The van der Waals surface area contributed by atoms with Crippen molar-refractivity contribution in [1.29, 1.82) is 5.26 Å². The van der Waals surface area contributed by atoms with Gasteiger partial charge in [0.25, 0.3) is 0 Å². The molecular weight excluding hydrogens is 232 g/mol. The lowest BCUT2D eigenvalue weighted by Crippen LogP contribution is -2.15. The summed E-state index contributed by atoms with van der Waals surface area (Å²) in [6.45, 7) is 6.61. The third-order valence-electron chi connectivity index (χ3n) is 2.68. The maximum atomic E-state index is 8.89. The molecule has 1 N–H and O–H groups in total. The van der Waals surface area contributed by atoms with Crippen LogP contribution in [-0.4, -0.2) is 6.04 Å². The number of rotatable bonds is 5. The van der Waals surface area contributed by atoms with Crippen LogP contribution in [0.3, 0.4) is 0 Å². The van der Waals surface area contributed by atoms with Crippen LogP contribution in [-0.2, 0) is 0 Å². The summed E-state index contributed by atoms with van der Waals surface area (Å²) < 4.78 is 0. The molecule has 0 fully saturated rings. The lowest BCUT2D eigenvalue weighted by Gasteiger charge is -2.16. The molecule has 0 aliphatic carbocycles. The molecule has 0 radical (unpaired) electrons. The van der Waals surface area contributed by atoms with E-state index in [9.17, 15) is 0 Å². The number of anilines is 1. The van der Waals surface area contributed by atoms with Crippen LogP contribution in [0.25, 0.3) is 0 Å². The minimum atomic E-state index is 0.408. The summed E-state index contributed by atoms with van der Waals surface area (Å²) in [5.41, 5.74) is 1.48. The molecule has 92 valence electrons. The van der Waals surface area contributed by atoms with Crippen molar-refractivity contribution in [2.45, 2.75) is 39.7 Å². The van der Waals surface area contributed by atoms with Crippen LogP contribution < -0.4 is 5.32 Å². The fraction of sp³-hybridized carbons (Fsp3) is 0.500. The molecule has 0 amide bonds. The van der Waals surface area contributed by atoms with Crippen molar-refractivity contribution in [1.82, 2.24) is 0 Å². The molecule has 1 rings (SSSR count). The monoisotopic (exact) mass is 250 g/mol. The second-order valence-corrected chi connectivity index (χ2v) is 5.23. The van der Waals surface area contributed by atoms with E-state index in [1.807, 2.05) is 6.07 Å². The Kier molecular flexibility index (Phi) is 5.31. The predicted molar refractivity (Wildman–Crippen MR) is 73.3 cm³/mol. The molecule has 3 heteroatoms. The highest BCUT2D eigenvalue weighted by Gasteiger charge is 2.06. The van der Waals surface area contributed by atoms with Gasteiger partial charge < -0.3 is 5.32 Å². The number of halogens is 1. The summed E-state index contributed by atoms with van der Waals surface area (Å²) in [7, 11) is 0. The molecule has 0 spiro atoms. The van der Waals surface area contributed by atoms with Crippen LogP contribution in [0.2, 0.25) is 5.02 Å². The molecule has 0 heterocycles. The molecule has 0 aliphatic heterocycles. The van der Waals surface area contributed by atoms with Gasteiger partial charge in [-0.1, -0.05) is 25.4 Å². The number of benzene rings is 1. The van der Waals surface area contributed by atoms with Gasteiger partial charge in [-0.25, -0.2) is 0 Å². The molecule has 17 heavy (non-hydrogen) atoms. The summed E-state index contributed by atoms with van der Waals surface area (Å²) in [5, 5.41) is 12.8. The van der Waals surface area contributed by atoms with Crippen molar-refractivity contribution in [3.05, 3.63) is 28.8 Å². The molecule has 0 aliphatic rings. The first-order valence-corrected chi connectivity index (χ1v) is 6.37. The number of hydrogen-bond donors (Lipinski definition) is 1. The molecule has 1 aromatic carbocycles. The summed E-state index contributed by atoms with van der Waals surface area (Å²) in [6.07, 6.45) is 2.33. The second kappa shape index (κ2) is 6.51. The van der Waals surface area contributed by atoms with Crippen molar-refractivity contribution in [3.8, 4) is 6.07 Å². The van der Waals surface area contributed by atoms with Gasteiger partial charge in [-0.15, -0.1) is 0 Å². The van der Waals surface area contributed by atoms with Crippen LogP contribution in [0.1, 0.15) is 39.2 Å². The fourth-order valence-electron chi connectivity index (χ4n) is 1.64. The van der Waals surface area contributed by atoms with E-state index in [0.717, 1.165) is 18.0 Å². The summed E-state index contributed by atoms with van der Waals surface area (Å²) in [6, 6.07) is 7.97. The SMILES string of the molecule is CC(C)CCC(C)Nc1ccc(Cl)c(C#N)c1. The predicted octanol–water partition coefficient (Wildman–Crippen LogP) is 4.45. The second-order valence-electron chi connectivity index (χ2n) is 4.82. The Labute approximate surface area is 109 Å². The molecule has 2 nitrogen and oxygen atoms in total. The molecule has 0 saturated heterocycles. The highest BCUT2D eigenvalue weighted by molar-refractivity contribution is 6.31. The molecule has 0 bridgehead atoms. The molecule has 0 saturated carbocycles. The van der Waals surface area contributed by atoms with Gasteiger partial charge in [-0.2, -0.15) is 5.26 Å². The van der Waals surface area contributed by atoms with E-state index in [1.165, 1.54) is 6.42 Å². The van der Waals surface area contributed by atoms with Gasteiger partial charge in [0.05, 0.1) is 10.6 Å². The van der Waals surface area contributed by atoms with Gasteiger partial charge in [0.1, 0.15) is 6.07 Å². The maximum absolute atomic E-state index is 8.89. The zero-order valence-electron chi connectivity index (χ0n) is 10.6. The Balaban J connectivity index is 2.60. The third-order valence-corrected chi connectivity index (χ3v) is 3.01. The standard InChI is InChI=1S/C14H19ClN2/c1-10(2)4-5-11(3)17-13-6-7-14(15)12(8-13)9-16/h6-8,10-11,17H,4-5H2,1-3H3. The zero-order valence-corrected chi connectivity index (χ0v) is 11.4. The minimum Gasteiger partial charge on any atom is -0.383 e. The van der Waals surface area contributed by atoms with Gasteiger partial charge in [-0.05, 0) is 43.9 Å². The van der Waals surface area contributed by atoms with E-state index in [-0.39, 0.29) is 0 Å². The van der Waals surface area contributed by atoms with Crippen molar-refractivity contribution in [2.75, 3.05) is 5.32 Å². The lowest BCUT2D eigenvalue weighted by molar-refractivity contribution is 0.528. The summed E-state index contributed by atoms with van der Waals surface area (Å²) in [4.78, 5) is 0. The van der Waals surface area contributed by atoms with Crippen molar-refractivity contribution in [2.24, 2.45) is 5.92 Å². The topological polar surface area (TPSA) is 35.8 Å². The van der Waals surface area contributed by atoms with Crippen molar-refractivity contribution < 1.29 is 0 Å². The molecule has 1 atom stereocenters. The highest BCUT2D eigenvalue weighted by atomic mass is 35.5.